The predicted molar refractivity (Wildman–Crippen MR) is 98.4 cm³/mol. The standard InChI is InChI=1S/C19H28N4O/c1-8-22(11-12(2)3)19(24)15-9-17(13(4)5)21-18-16(15)10-20-23(18)14(6)7/h9-10,13-14H,2,8,11H2,1,3-7H3. The van der Waals surface area contributed by atoms with Crippen LogP contribution in [-0.2, 0) is 0 Å². The summed E-state index contributed by atoms with van der Waals surface area (Å²) in [6.45, 7) is 17.4. The maximum absolute atomic E-state index is 13.1. The minimum atomic E-state index is 0.0121. The Morgan fingerprint density at radius 2 is 2.00 bits per heavy atom. The summed E-state index contributed by atoms with van der Waals surface area (Å²) in [6.07, 6.45) is 1.76. The first kappa shape index (κ1) is 18.2. The number of hydrogen-bond donors (Lipinski definition) is 0. The molecule has 5 nitrogen and oxygen atoms in total. The van der Waals surface area contributed by atoms with Crippen molar-refractivity contribution in [3.63, 3.8) is 0 Å². The summed E-state index contributed by atoms with van der Waals surface area (Å²) < 4.78 is 1.88. The lowest BCUT2D eigenvalue weighted by Gasteiger charge is -2.22. The van der Waals surface area contributed by atoms with Gasteiger partial charge in [-0.2, -0.15) is 5.10 Å². The van der Waals surface area contributed by atoms with Crippen molar-refractivity contribution in [3.05, 3.63) is 35.7 Å². The molecule has 0 aliphatic rings. The SMILES string of the molecule is C=C(C)CN(CC)C(=O)c1cc(C(C)C)nc2c1cnn2C(C)C. The zero-order valence-corrected chi connectivity index (χ0v) is 15.6. The summed E-state index contributed by atoms with van der Waals surface area (Å²) in [5.41, 5.74) is 3.35. The minimum Gasteiger partial charge on any atom is -0.335 e. The highest BCUT2D eigenvalue weighted by Gasteiger charge is 2.22. The van der Waals surface area contributed by atoms with E-state index in [-0.39, 0.29) is 17.9 Å². The molecule has 0 saturated carbocycles. The lowest BCUT2D eigenvalue weighted by molar-refractivity contribution is 0.0780. The number of carbonyl (C=O) groups is 1. The molecular formula is C19H28N4O. The summed E-state index contributed by atoms with van der Waals surface area (Å²) in [6, 6.07) is 2.11. The fourth-order valence-electron chi connectivity index (χ4n) is 2.71. The molecule has 0 aliphatic carbocycles. The average molecular weight is 328 g/mol. The quantitative estimate of drug-likeness (QED) is 0.748. The fraction of sp³-hybridized carbons (Fsp3) is 0.526. The van der Waals surface area contributed by atoms with Crippen molar-refractivity contribution in [2.75, 3.05) is 13.1 Å². The molecule has 24 heavy (non-hydrogen) atoms. The zero-order chi connectivity index (χ0) is 18.0. The smallest absolute Gasteiger partial charge is 0.255 e. The molecule has 0 radical (unpaired) electrons. The summed E-state index contributed by atoms with van der Waals surface area (Å²) in [5.74, 6) is 0.255. The largest absolute Gasteiger partial charge is 0.335 e. The first-order chi connectivity index (χ1) is 11.3. The molecule has 0 saturated heterocycles. The second-order valence-corrected chi connectivity index (χ2v) is 6.95. The zero-order valence-electron chi connectivity index (χ0n) is 15.6. The van der Waals surface area contributed by atoms with Crippen molar-refractivity contribution >= 4 is 16.9 Å². The number of fused-ring (bicyclic) bond motifs is 1. The Morgan fingerprint density at radius 1 is 1.33 bits per heavy atom. The number of pyridine rings is 1. The van der Waals surface area contributed by atoms with Crippen LogP contribution in [0, 0.1) is 0 Å². The van der Waals surface area contributed by atoms with Gasteiger partial charge in [0, 0.05) is 24.8 Å². The van der Waals surface area contributed by atoms with Gasteiger partial charge in [0.05, 0.1) is 17.1 Å². The summed E-state index contributed by atoms with van der Waals surface area (Å²) >= 11 is 0. The highest BCUT2D eigenvalue weighted by Crippen LogP contribution is 2.25. The van der Waals surface area contributed by atoms with Gasteiger partial charge >= 0.3 is 0 Å². The van der Waals surface area contributed by atoms with Crippen molar-refractivity contribution in [1.82, 2.24) is 19.7 Å². The molecule has 0 N–H and O–H groups in total. The molecule has 0 spiro atoms. The normalized spacial score (nSPS) is 11.5. The molecule has 2 rings (SSSR count). The van der Waals surface area contributed by atoms with Crippen LogP contribution >= 0.6 is 0 Å². The first-order valence-electron chi connectivity index (χ1n) is 8.58. The highest BCUT2D eigenvalue weighted by molar-refractivity contribution is 6.05. The molecule has 0 fully saturated rings. The molecular weight excluding hydrogens is 300 g/mol. The molecule has 0 bridgehead atoms. The van der Waals surface area contributed by atoms with E-state index in [0.29, 0.717) is 18.7 Å². The van der Waals surface area contributed by atoms with E-state index in [9.17, 15) is 4.79 Å². The molecule has 0 aliphatic heterocycles. The third kappa shape index (κ3) is 3.50. The van der Waals surface area contributed by atoms with Gasteiger partial charge in [-0.05, 0) is 39.7 Å². The first-order valence-corrected chi connectivity index (χ1v) is 8.58. The molecule has 2 aromatic heterocycles. The van der Waals surface area contributed by atoms with Gasteiger partial charge in [-0.1, -0.05) is 26.0 Å². The van der Waals surface area contributed by atoms with E-state index in [1.54, 1.807) is 6.20 Å². The van der Waals surface area contributed by atoms with Crippen LogP contribution in [0.25, 0.3) is 11.0 Å². The van der Waals surface area contributed by atoms with Crippen molar-refractivity contribution < 1.29 is 4.79 Å². The van der Waals surface area contributed by atoms with Crippen LogP contribution in [0.15, 0.2) is 24.4 Å². The number of likely N-dealkylation sites (N-methyl/N-ethyl adjacent to an activating group) is 1. The Labute approximate surface area is 144 Å². The van der Waals surface area contributed by atoms with Gasteiger partial charge in [0.15, 0.2) is 5.65 Å². The van der Waals surface area contributed by atoms with E-state index in [4.69, 9.17) is 4.98 Å². The van der Waals surface area contributed by atoms with Gasteiger partial charge in [-0.3, -0.25) is 4.79 Å². The molecule has 0 aromatic carbocycles. The number of carbonyl (C=O) groups excluding carboxylic acids is 1. The molecule has 1 amide bonds. The maximum atomic E-state index is 13.1. The number of aromatic nitrogens is 3. The third-order valence-corrected chi connectivity index (χ3v) is 4.03. The van der Waals surface area contributed by atoms with Crippen molar-refractivity contribution in [3.8, 4) is 0 Å². The summed E-state index contributed by atoms with van der Waals surface area (Å²) in [5, 5.41) is 5.27. The molecule has 0 unspecified atom stereocenters. The maximum Gasteiger partial charge on any atom is 0.255 e. The molecule has 130 valence electrons. The predicted octanol–water partition coefficient (Wildman–Crippen LogP) is 4.17. The van der Waals surface area contributed by atoms with E-state index in [1.807, 2.05) is 29.5 Å². The Kier molecular flexibility index (Phi) is 5.42. The third-order valence-electron chi connectivity index (χ3n) is 4.03. The topological polar surface area (TPSA) is 51.0 Å². The second kappa shape index (κ2) is 7.16. The van der Waals surface area contributed by atoms with Crippen molar-refractivity contribution in [2.45, 2.75) is 53.5 Å². The van der Waals surface area contributed by atoms with Crippen LogP contribution < -0.4 is 0 Å². The Hall–Kier alpha value is -2.17. The number of hydrogen-bond acceptors (Lipinski definition) is 3. The van der Waals surface area contributed by atoms with Gasteiger partial charge < -0.3 is 4.90 Å². The second-order valence-electron chi connectivity index (χ2n) is 6.95. The Balaban J connectivity index is 2.63. The molecule has 2 heterocycles. The number of rotatable bonds is 6. The average Bonchev–Trinajstić information content (AvgIpc) is 2.94. The van der Waals surface area contributed by atoms with Crippen molar-refractivity contribution in [2.24, 2.45) is 0 Å². The van der Waals surface area contributed by atoms with Crippen LogP contribution in [0.4, 0.5) is 0 Å². The summed E-state index contributed by atoms with van der Waals surface area (Å²) in [4.78, 5) is 19.7. The van der Waals surface area contributed by atoms with Crippen LogP contribution in [0.2, 0.25) is 0 Å². The van der Waals surface area contributed by atoms with Gasteiger partial charge in [0.2, 0.25) is 0 Å². The van der Waals surface area contributed by atoms with E-state index in [2.05, 4.69) is 39.4 Å². The lowest BCUT2D eigenvalue weighted by atomic mass is 10.0. The molecule has 2 aromatic rings. The van der Waals surface area contributed by atoms with Crippen LogP contribution in [0.5, 0.6) is 0 Å². The van der Waals surface area contributed by atoms with Gasteiger partial charge in [-0.25, -0.2) is 9.67 Å². The van der Waals surface area contributed by atoms with Crippen LogP contribution in [-0.4, -0.2) is 38.7 Å². The highest BCUT2D eigenvalue weighted by atomic mass is 16.2. The van der Waals surface area contributed by atoms with Gasteiger partial charge in [-0.15, -0.1) is 0 Å². The molecule has 5 heteroatoms. The monoisotopic (exact) mass is 328 g/mol. The number of nitrogens with zero attached hydrogens (tertiary/aromatic N) is 4. The van der Waals surface area contributed by atoms with Gasteiger partial charge in [0.1, 0.15) is 0 Å². The van der Waals surface area contributed by atoms with E-state index >= 15 is 0 Å². The van der Waals surface area contributed by atoms with Crippen LogP contribution in [0.1, 0.15) is 69.6 Å². The fourth-order valence-corrected chi connectivity index (χ4v) is 2.71. The summed E-state index contributed by atoms with van der Waals surface area (Å²) in [7, 11) is 0. The number of amides is 1. The van der Waals surface area contributed by atoms with E-state index in [0.717, 1.165) is 22.3 Å². The van der Waals surface area contributed by atoms with E-state index in [1.165, 1.54) is 0 Å². The van der Waals surface area contributed by atoms with Crippen LogP contribution in [0.3, 0.4) is 0 Å². The lowest BCUT2D eigenvalue weighted by Crippen LogP contribution is -2.32. The van der Waals surface area contributed by atoms with Crippen molar-refractivity contribution in [1.29, 1.82) is 0 Å². The minimum absolute atomic E-state index is 0.0121. The Morgan fingerprint density at radius 3 is 2.50 bits per heavy atom. The van der Waals surface area contributed by atoms with Gasteiger partial charge in [0.25, 0.3) is 5.91 Å². The van der Waals surface area contributed by atoms with E-state index < -0.39 is 0 Å². The Bertz CT molecular complexity index is 758. The molecule has 0 atom stereocenters.